The summed E-state index contributed by atoms with van der Waals surface area (Å²) < 4.78 is 48.1. The number of rotatable bonds is 8. The van der Waals surface area contributed by atoms with Crippen LogP contribution in [0.25, 0.3) is 0 Å². The maximum absolute atomic E-state index is 11.8. The second kappa shape index (κ2) is 7.05. The zero-order valence-electron chi connectivity index (χ0n) is 11.6. The van der Waals surface area contributed by atoms with Crippen LogP contribution in [0, 0.1) is 0 Å². The fourth-order valence-electron chi connectivity index (χ4n) is 1.45. The van der Waals surface area contributed by atoms with Crippen molar-refractivity contribution >= 4 is 25.5 Å². The average Bonchev–Trinajstić information content (AvgIpc) is 2.35. The first-order valence-electron chi connectivity index (χ1n) is 6.26. The highest BCUT2D eigenvalue weighted by atomic mass is 32.2. The van der Waals surface area contributed by atoms with E-state index in [0.717, 1.165) is 6.42 Å². The minimum Gasteiger partial charge on any atom is -0.384 e. The quantitative estimate of drug-likeness (QED) is 0.740. The smallest absolute Gasteiger partial charge is 0.240 e. The molecular weight excluding hydrogens is 300 g/mol. The molecule has 0 aliphatic heterocycles. The van der Waals surface area contributed by atoms with Gasteiger partial charge in [-0.25, -0.2) is 21.6 Å². The first-order chi connectivity index (χ1) is 9.24. The van der Waals surface area contributed by atoms with Crippen LogP contribution in [0.2, 0.25) is 0 Å². The number of sulfone groups is 1. The van der Waals surface area contributed by atoms with Gasteiger partial charge in [-0.1, -0.05) is 6.92 Å². The molecular formula is C12H20N2O4S2. The van der Waals surface area contributed by atoms with Gasteiger partial charge in [0, 0.05) is 25.0 Å². The summed E-state index contributed by atoms with van der Waals surface area (Å²) in [5, 5.41) is 2.93. The summed E-state index contributed by atoms with van der Waals surface area (Å²) in [5.41, 5.74) is 0.683. The van der Waals surface area contributed by atoms with E-state index in [4.69, 9.17) is 0 Å². The predicted molar refractivity (Wildman–Crippen MR) is 80.1 cm³/mol. The largest absolute Gasteiger partial charge is 0.384 e. The third-order valence-electron chi connectivity index (χ3n) is 2.51. The Hall–Kier alpha value is -1.12. The molecule has 0 unspecified atom stereocenters. The Kier molecular flexibility index (Phi) is 5.97. The lowest BCUT2D eigenvalue weighted by Crippen LogP contribution is -2.24. The van der Waals surface area contributed by atoms with Gasteiger partial charge in [-0.05, 0) is 30.7 Å². The lowest BCUT2D eigenvalue weighted by Gasteiger charge is -2.08. The van der Waals surface area contributed by atoms with Gasteiger partial charge in [0.05, 0.1) is 10.6 Å². The summed E-state index contributed by atoms with van der Waals surface area (Å²) in [7, 11) is -6.46. The summed E-state index contributed by atoms with van der Waals surface area (Å²) in [4.78, 5) is 0.194. The predicted octanol–water partition coefficient (Wildman–Crippen LogP) is 0.831. The Morgan fingerprint density at radius 3 is 2.10 bits per heavy atom. The van der Waals surface area contributed by atoms with Crippen molar-refractivity contribution in [2.24, 2.45) is 0 Å². The highest BCUT2D eigenvalue weighted by molar-refractivity contribution is 7.90. The Morgan fingerprint density at radius 2 is 1.60 bits per heavy atom. The van der Waals surface area contributed by atoms with Crippen LogP contribution in [-0.4, -0.2) is 41.9 Å². The van der Waals surface area contributed by atoms with Crippen LogP contribution in [0.4, 0.5) is 5.69 Å². The molecule has 0 spiro atoms. The highest BCUT2D eigenvalue weighted by Gasteiger charge is 2.12. The maximum atomic E-state index is 11.8. The SMILES string of the molecule is CCCNS(=O)(=O)c1ccc(NCCS(C)(=O)=O)cc1. The molecule has 20 heavy (non-hydrogen) atoms. The van der Waals surface area contributed by atoms with Gasteiger partial charge in [0.2, 0.25) is 10.0 Å². The monoisotopic (exact) mass is 320 g/mol. The molecule has 0 heterocycles. The van der Waals surface area contributed by atoms with E-state index in [9.17, 15) is 16.8 Å². The molecule has 0 aliphatic carbocycles. The van der Waals surface area contributed by atoms with Crippen molar-refractivity contribution in [3.8, 4) is 0 Å². The molecule has 0 saturated carbocycles. The molecule has 1 rings (SSSR count). The minimum atomic E-state index is -3.46. The zero-order chi connectivity index (χ0) is 15.2. The van der Waals surface area contributed by atoms with Gasteiger partial charge in [-0.3, -0.25) is 0 Å². The third kappa shape index (κ3) is 5.89. The number of benzene rings is 1. The van der Waals surface area contributed by atoms with Crippen LogP contribution in [0.5, 0.6) is 0 Å². The van der Waals surface area contributed by atoms with Crippen LogP contribution in [-0.2, 0) is 19.9 Å². The van der Waals surface area contributed by atoms with Crippen LogP contribution in [0.3, 0.4) is 0 Å². The Bertz CT molecular complexity index is 622. The van der Waals surface area contributed by atoms with Crippen molar-refractivity contribution in [3.63, 3.8) is 0 Å². The molecule has 0 bridgehead atoms. The van der Waals surface area contributed by atoms with Crippen LogP contribution in [0.1, 0.15) is 13.3 Å². The third-order valence-corrected chi connectivity index (χ3v) is 4.93. The van der Waals surface area contributed by atoms with Crippen LogP contribution in [0.15, 0.2) is 29.2 Å². The topological polar surface area (TPSA) is 92.3 Å². The fourth-order valence-corrected chi connectivity index (χ4v) is 3.06. The van der Waals surface area contributed by atoms with Gasteiger partial charge >= 0.3 is 0 Å². The molecule has 0 atom stereocenters. The first-order valence-corrected chi connectivity index (χ1v) is 9.80. The lowest BCUT2D eigenvalue weighted by atomic mass is 10.3. The number of sulfonamides is 1. The summed E-state index contributed by atoms with van der Waals surface area (Å²) in [5.74, 6) is 0.0328. The van der Waals surface area contributed by atoms with Gasteiger partial charge in [-0.15, -0.1) is 0 Å². The summed E-state index contributed by atoms with van der Waals surface area (Å²) in [6.45, 7) is 2.58. The summed E-state index contributed by atoms with van der Waals surface area (Å²) >= 11 is 0. The molecule has 0 fully saturated rings. The van der Waals surface area contributed by atoms with Gasteiger partial charge in [0.25, 0.3) is 0 Å². The van der Waals surface area contributed by atoms with Crippen LogP contribution >= 0.6 is 0 Å². The van der Waals surface area contributed by atoms with Gasteiger partial charge in [0.15, 0.2) is 0 Å². The first kappa shape index (κ1) is 16.9. The highest BCUT2D eigenvalue weighted by Crippen LogP contribution is 2.13. The van der Waals surface area contributed by atoms with E-state index in [1.165, 1.54) is 18.4 Å². The van der Waals surface area contributed by atoms with E-state index >= 15 is 0 Å². The second-order valence-corrected chi connectivity index (χ2v) is 8.51. The molecule has 8 heteroatoms. The van der Waals surface area contributed by atoms with Crippen molar-refractivity contribution in [1.29, 1.82) is 0 Å². The van der Waals surface area contributed by atoms with E-state index in [2.05, 4.69) is 10.0 Å². The van der Waals surface area contributed by atoms with E-state index in [1.54, 1.807) is 12.1 Å². The van der Waals surface area contributed by atoms with Gasteiger partial charge < -0.3 is 5.32 Å². The van der Waals surface area contributed by atoms with Crippen molar-refractivity contribution in [1.82, 2.24) is 4.72 Å². The molecule has 0 aromatic heterocycles. The molecule has 0 radical (unpaired) electrons. The van der Waals surface area contributed by atoms with Crippen molar-refractivity contribution in [2.75, 3.05) is 30.4 Å². The van der Waals surface area contributed by atoms with Crippen molar-refractivity contribution in [3.05, 3.63) is 24.3 Å². The second-order valence-electron chi connectivity index (χ2n) is 4.48. The average molecular weight is 320 g/mol. The zero-order valence-corrected chi connectivity index (χ0v) is 13.2. The van der Waals surface area contributed by atoms with E-state index < -0.39 is 19.9 Å². The molecule has 0 saturated heterocycles. The number of hydrogen-bond acceptors (Lipinski definition) is 5. The van der Waals surface area contributed by atoms with E-state index in [0.29, 0.717) is 18.8 Å². The molecule has 1 aromatic carbocycles. The number of anilines is 1. The molecule has 2 N–H and O–H groups in total. The number of hydrogen-bond donors (Lipinski definition) is 2. The summed E-state index contributed by atoms with van der Waals surface area (Å²) in [6, 6.07) is 6.20. The fraction of sp³-hybridized carbons (Fsp3) is 0.500. The van der Waals surface area contributed by atoms with Crippen LogP contribution < -0.4 is 10.0 Å². The number of nitrogens with one attached hydrogen (secondary N) is 2. The minimum absolute atomic E-state index is 0.0328. The van der Waals surface area contributed by atoms with Crippen molar-refractivity contribution in [2.45, 2.75) is 18.2 Å². The maximum Gasteiger partial charge on any atom is 0.240 e. The summed E-state index contributed by atoms with van der Waals surface area (Å²) in [6.07, 6.45) is 1.90. The Balaban J connectivity index is 2.65. The van der Waals surface area contributed by atoms with Gasteiger partial charge in [-0.2, -0.15) is 0 Å². The van der Waals surface area contributed by atoms with Crippen molar-refractivity contribution < 1.29 is 16.8 Å². The normalized spacial score (nSPS) is 12.3. The Morgan fingerprint density at radius 1 is 1.00 bits per heavy atom. The van der Waals surface area contributed by atoms with E-state index in [1.807, 2.05) is 6.92 Å². The standard InChI is InChI=1S/C12H20N2O4S2/c1-3-8-14-20(17,18)12-6-4-11(5-7-12)13-9-10-19(2,15)16/h4-7,13-14H,3,8-10H2,1-2H3. The molecule has 0 amide bonds. The Labute approximate surface area is 120 Å². The molecule has 0 aliphatic rings. The lowest BCUT2D eigenvalue weighted by molar-refractivity contribution is 0.580. The van der Waals surface area contributed by atoms with E-state index in [-0.39, 0.29) is 10.6 Å². The van der Waals surface area contributed by atoms with Gasteiger partial charge in [0.1, 0.15) is 9.84 Å². The molecule has 6 nitrogen and oxygen atoms in total. The molecule has 1 aromatic rings. The molecule has 114 valence electrons.